The fourth-order valence-electron chi connectivity index (χ4n) is 3.94. The highest BCUT2D eigenvalue weighted by Gasteiger charge is 2.53. The minimum atomic E-state index is -3.23. The molecule has 144 valence electrons. The van der Waals surface area contributed by atoms with E-state index in [0.29, 0.717) is 12.2 Å². The maximum Gasteiger partial charge on any atom is 0.321 e. The Morgan fingerprint density at radius 2 is 2.04 bits per heavy atom. The first kappa shape index (κ1) is 18.0. The molecule has 8 nitrogen and oxygen atoms in total. The molecule has 0 saturated carbocycles. The summed E-state index contributed by atoms with van der Waals surface area (Å²) < 4.78 is 31.7. The molecule has 27 heavy (non-hydrogen) atoms. The van der Waals surface area contributed by atoms with Crippen molar-refractivity contribution in [2.75, 3.05) is 31.3 Å². The number of para-hydroxylation sites is 2. The van der Waals surface area contributed by atoms with Crippen molar-refractivity contribution in [2.24, 2.45) is 5.92 Å². The van der Waals surface area contributed by atoms with E-state index in [9.17, 15) is 13.2 Å². The number of amides is 2. The Labute approximate surface area is 158 Å². The average molecular weight is 390 g/mol. The molecule has 0 unspecified atom stereocenters. The van der Waals surface area contributed by atoms with Gasteiger partial charge >= 0.3 is 6.03 Å². The monoisotopic (exact) mass is 390 g/mol. The highest BCUT2D eigenvalue weighted by molar-refractivity contribution is 7.92. The van der Waals surface area contributed by atoms with E-state index in [4.69, 9.17) is 4.74 Å². The Bertz CT molecular complexity index is 971. The van der Waals surface area contributed by atoms with Crippen LogP contribution in [0.25, 0.3) is 5.69 Å². The molecular formula is C18H22N4O4S. The second kappa shape index (κ2) is 6.65. The summed E-state index contributed by atoms with van der Waals surface area (Å²) in [6, 6.07) is 8.95. The molecule has 2 aromatic rings. The smallest absolute Gasteiger partial charge is 0.321 e. The van der Waals surface area contributed by atoms with Crippen LogP contribution in [0.15, 0.2) is 36.5 Å². The molecule has 0 bridgehead atoms. The van der Waals surface area contributed by atoms with Gasteiger partial charge in [0.1, 0.15) is 0 Å². The number of carbonyl (C=O) groups is 1. The molecule has 2 fully saturated rings. The zero-order chi connectivity index (χ0) is 19.2. The van der Waals surface area contributed by atoms with Crippen molar-refractivity contribution < 1.29 is 17.9 Å². The van der Waals surface area contributed by atoms with Gasteiger partial charge in [-0.15, -0.1) is 0 Å². The number of aromatic nitrogens is 2. The number of rotatable bonds is 3. The molecule has 2 saturated heterocycles. The molecule has 0 spiro atoms. The first-order chi connectivity index (χ1) is 12.9. The van der Waals surface area contributed by atoms with Crippen molar-refractivity contribution in [3.63, 3.8) is 0 Å². The summed E-state index contributed by atoms with van der Waals surface area (Å²) in [6.45, 7) is 2.46. The van der Waals surface area contributed by atoms with Gasteiger partial charge in [-0.3, -0.25) is 0 Å². The van der Waals surface area contributed by atoms with Crippen LogP contribution < -0.4 is 5.32 Å². The maximum atomic E-state index is 12.8. The van der Waals surface area contributed by atoms with Crippen LogP contribution in [0.5, 0.6) is 0 Å². The van der Waals surface area contributed by atoms with E-state index < -0.39 is 15.1 Å². The van der Waals surface area contributed by atoms with Gasteiger partial charge in [0.25, 0.3) is 0 Å². The lowest BCUT2D eigenvalue weighted by Gasteiger charge is -2.21. The minimum absolute atomic E-state index is 0.0375. The number of ether oxygens (including phenoxy) is 1. The normalized spacial score (nSPS) is 26.1. The van der Waals surface area contributed by atoms with Crippen molar-refractivity contribution in [3.8, 4) is 5.69 Å². The molecule has 1 N–H and O–H groups in total. The molecule has 3 heterocycles. The van der Waals surface area contributed by atoms with Crippen LogP contribution >= 0.6 is 0 Å². The van der Waals surface area contributed by atoms with E-state index in [2.05, 4.69) is 10.4 Å². The van der Waals surface area contributed by atoms with Crippen LogP contribution in [0, 0.1) is 12.8 Å². The number of hydrogen-bond donors (Lipinski definition) is 1. The SMILES string of the molecule is CO[C@@H]1CS(=O)(=O)[C@H]2CN(C(=O)Nc3ccccc3-n3ccc(C)n3)C[C@@H]12. The van der Waals surface area contributed by atoms with Gasteiger partial charge in [-0.1, -0.05) is 12.1 Å². The van der Waals surface area contributed by atoms with Crippen LogP contribution in [0.4, 0.5) is 10.5 Å². The molecule has 3 atom stereocenters. The number of sulfone groups is 1. The lowest BCUT2D eigenvalue weighted by molar-refractivity contribution is 0.0825. The van der Waals surface area contributed by atoms with Crippen molar-refractivity contribution in [1.82, 2.24) is 14.7 Å². The molecule has 4 rings (SSSR count). The third-order valence-electron chi connectivity index (χ3n) is 5.35. The summed E-state index contributed by atoms with van der Waals surface area (Å²) in [5.74, 6) is -0.134. The Kier molecular flexibility index (Phi) is 4.43. The van der Waals surface area contributed by atoms with Gasteiger partial charge in [-0.05, 0) is 25.1 Å². The van der Waals surface area contributed by atoms with E-state index in [0.717, 1.165) is 11.4 Å². The lowest BCUT2D eigenvalue weighted by atomic mass is 10.0. The molecule has 2 amide bonds. The third-order valence-corrected chi connectivity index (χ3v) is 7.56. The van der Waals surface area contributed by atoms with Crippen LogP contribution in [-0.2, 0) is 14.6 Å². The van der Waals surface area contributed by atoms with Gasteiger partial charge in [-0.25, -0.2) is 17.9 Å². The van der Waals surface area contributed by atoms with Crippen LogP contribution in [-0.4, -0.2) is 66.4 Å². The highest BCUT2D eigenvalue weighted by Crippen LogP contribution is 2.35. The maximum absolute atomic E-state index is 12.8. The Hall–Kier alpha value is -2.39. The number of methoxy groups -OCH3 is 1. The zero-order valence-electron chi connectivity index (χ0n) is 15.2. The minimum Gasteiger partial charge on any atom is -0.380 e. The molecule has 2 aliphatic rings. The molecule has 1 aromatic heterocycles. The number of anilines is 1. The fraction of sp³-hybridized carbons (Fsp3) is 0.444. The summed E-state index contributed by atoms with van der Waals surface area (Å²) in [5.41, 5.74) is 2.24. The Morgan fingerprint density at radius 1 is 1.26 bits per heavy atom. The number of nitrogens with zero attached hydrogens (tertiary/aromatic N) is 3. The standard InChI is InChI=1S/C18H22N4O4S/c1-12-7-8-22(20-12)15-6-4-3-5-14(15)19-18(23)21-9-13-16(26-2)11-27(24,25)17(13)10-21/h3-8,13,16-17H,9-11H2,1-2H3,(H,19,23)/t13-,16+,17-/m0/s1. The van der Waals surface area contributed by atoms with Crippen LogP contribution in [0.1, 0.15) is 5.69 Å². The van der Waals surface area contributed by atoms with Gasteiger partial charge in [0.2, 0.25) is 0 Å². The molecule has 9 heteroatoms. The van der Waals surface area contributed by atoms with Crippen molar-refractivity contribution in [2.45, 2.75) is 18.3 Å². The van der Waals surface area contributed by atoms with E-state index >= 15 is 0 Å². The summed E-state index contributed by atoms with van der Waals surface area (Å²) in [7, 11) is -1.71. The van der Waals surface area contributed by atoms with Gasteiger partial charge in [0.15, 0.2) is 9.84 Å². The van der Waals surface area contributed by atoms with Gasteiger partial charge in [0.05, 0.1) is 34.2 Å². The predicted molar refractivity (Wildman–Crippen MR) is 101 cm³/mol. The van der Waals surface area contributed by atoms with Gasteiger partial charge in [-0.2, -0.15) is 5.10 Å². The van der Waals surface area contributed by atoms with E-state index in [1.54, 1.807) is 15.6 Å². The topological polar surface area (TPSA) is 93.5 Å². The summed E-state index contributed by atoms with van der Waals surface area (Å²) in [6.07, 6.45) is 1.48. The number of aryl methyl sites for hydroxylation is 1. The van der Waals surface area contributed by atoms with Crippen molar-refractivity contribution in [1.29, 1.82) is 0 Å². The molecular weight excluding hydrogens is 368 g/mol. The average Bonchev–Trinajstić information content (AvgIpc) is 3.32. The number of hydrogen-bond acceptors (Lipinski definition) is 5. The highest BCUT2D eigenvalue weighted by atomic mass is 32.2. The number of likely N-dealkylation sites (tertiary alicyclic amines) is 1. The van der Waals surface area contributed by atoms with Crippen molar-refractivity contribution >= 4 is 21.6 Å². The first-order valence-corrected chi connectivity index (χ1v) is 10.5. The Morgan fingerprint density at radius 3 is 2.74 bits per heavy atom. The molecule has 1 aromatic carbocycles. The van der Waals surface area contributed by atoms with E-state index in [-0.39, 0.29) is 30.4 Å². The number of carbonyl (C=O) groups excluding carboxylic acids is 1. The second-order valence-electron chi connectivity index (χ2n) is 7.06. The van der Waals surface area contributed by atoms with Crippen molar-refractivity contribution in [3.05, 3.63) is 42.2 Å². The number of nitrogens with one attached hydrogen (secondary N) is 1. The second-order valence-corrected chi connectivity index (χ2v) is 9.32. The zero-order valence-corrected chi connectivity index (χ0v) is 16.0. The van der Waals surface area contributed by atoms with Gasteiger partial charge < -0.3 is 15.0 Å². The molecule has 2 aliphatic heterocycles. The molecule has 0 radical (unpaired) electrons. The summed E-state index contributed by atoms with van der Waals surface area (Å²) in [4.78, 5) is 14.3. The van der Waals surface area contributed by atoms with E-state index in [1.807, 2.05) is 37.4 Å². The third kappa shape index (κ3) is 3.21. The summed E-state index contributed by atoms with van der Waals surface area (Å²) in [5, 5.41) is 6.74. The molecule has 0 aliphatic carbocycles. The number of fused-ring (bicyclic) bond motifs is 1. The lowest BCUT2D eigenvalue weighted by Crippen LogP contribution is -2.36. The van der Waals surface area contributed by atoms with Crippen LogP contribution in [0.3, 0.4) is 0 Å². The quantitative estimate of drug-likeness (QED) is 0.856. The first-order valence-electron chi connectivity index (χ1n) is 8.81. The number of urea groups is 1. The van der Waals surface area contributed by atoms with Crippen LogP contribution in [0.2, 0.25) is 0 Å². The Balaban J connectivity index is 1.53. The summed E-state index contributed by atoms with van der Waals surface area (Å²) >= 11 is 0. The largest absolute Gasteiger partial charge is 0.380 e. The number of benzene rings is 1. The fourth-order valence-corrected chi connectivity index (χ4v) is 6.23. The predicted octanol–water partition coefficient (Wildman–Crippen LogP) is 1.46. The van der Waals surface area contributed by atoms with E-state index in [1.165, 1.54) is 7.11 Å². The van der Waals surface area contributed by atoms with Gasteiger partial charge in [0, 0.05) is 32.3 Å².